The number of aliphatic hydroxyl groups excluding tert-OH is 1. The van der Waals surface area contributed by atoms with Crippen molar-refractivity contribution in [2.24, 2.45) is 5.92 Å². The molecule has 98 valence electrons. The van der Waals surface area contributed by atoms with Gasteiger partial charge in [-0.05, 0) is 43.7 Å². The number of carbonyl (C=O) groups is 1. The molecule has 0 spiro atoms. The third-order valence-corrected chi connectivity index (χ3v) is 5.26. The molecule has 0 aromatic carbocycles. The van der Waals surface area contributed by atoms with Crippen LogP contribution in [-0.4, -0.2) is 35.6 Å². The Balaban J connectivity index is 1.74. The van der Waals surface area contributed by atoms with Gasteiger partial charge < -0.3 is 10.0 Å². The lowest BCUT2D eigenvalue weighted by Gasteiger charge is -2.14. The Morgan fingerprint density at radius 1 is 1.44 bits per heavy atom. The minimum absolute atomic E-state index is 0.172. The normalized spacial score (nSPS) is 23.2. The number of hydrogen-bond acceptors (Lipinski definition) is 3. The Morgan fingerprint density at radius 2 is 2.28 bits per heavy atom. The van der Waals surface area contributed by atoms with Crippen molar-refractivity contribution in [2.75, 3.05) is 19.7 Å². The van der Waals surface area contributed by atoms with E-state index in [1.165, 1.54) is 23.3 Å². The van der Waals surface area contributed by atoms with Crippen molar-refractivity contribution >= 4 is 17.2 Å². The molecule has 1 fully saturated rings. The van der Waals surface area contributed by atoms with E-state index < -0.39 is 0 Å². The first-order valence-electron chi connectivity index (χ1n) is 6.79. The molecule has 1 N–H and O–H groups in total. The summed E-state index contributed by atoms with van der Waals surface area (Å²) in [6, 6.07) is 2.10. The number of fused-ring (bicyclic) bond motifs is 1. The van der Waals surface area contributed by atoms with Crippen molar-refractivity contribution in [2.45, 2.75) is 32.1 Å². The van der Waals surface area contributed by atoms with Crippen LogP contribution in [0.25, 0.3) is 0 Å². The number of aliphatic hydroxyl groups is 1. The molecule has 1 aromatic heterocycles. The zero-order valence-corrected chi connectivity index (χ0v) is 11.3. The van der Waals surface area contributed by atoms with Gasteiger partial charge in [0.1, 0.15) is 0 Å². The van der Waals surface area contributed by atoms with Gasteiger partial charge in [0.05, 0.1) is 4.88 Å². The largest absolute Gasteiger partial charge is 0.396 e. The first kappa shape index (κ1) is 12.2. The van der Waals surface area contributed by atoms with Gasteiger partial charge in [0.15, 0.2) is 0 Å². The van der Waals surface area contributed by atoms with E-state index in [-0.39, 0.29) is 18.4 Å². The molecule has 3 rings (SSSR count). The van der Waals surface area contributed by atoms with Crippen LogP contribution in [0.4, 0.5) is 0 Å². The highest BCUT2D eigenvalue weighted by Crippen LogP contribution is 2.31. The summed E-state index contributed by atoms with van der Waals surface area (Å²) in [5.74, 6) is 0.453. The van der Waals surface area contributed by atoms with Crippen LogP contribution in [0.1, 0.15) is 39.4 Å². The highest BCUT2D eigenvalue weighted by atomic mass is 32.1. The smallest absolute Gasteiger partial charge is 0.263 e. The van der Waals surface area contributed by atoms with E-state index in [1.54, 1.807) is 11.3 Å². The molecule has 4 heteroatoms. The quantitative estimate of drug-likeness (QED) is 0.889. The molecule has 1 aliphatic carbocycles. The summed E-state index contributed by atoms with van der Waals surface area (Å²) in [6.45, 7) is 1.72. The summed E-state index contributed by atoms with van der Waals surface area (Å²) in [5, 5.41) is 9.13. The predicted octanol–water partition coefficient (Wildman–Crippen LogP) is 2.08. The fourth-order valence-corrected chi connectivity index (χ4v) is 4.14. The van der Waals surface area contributed by atoms with Gasteiger partial charge in [-0.15, -0.1) is 11.3 Å². The highest BCUT2D eigenvalue weighted by Gasteiger charge is 2.28. The molecule has 2 heterocycles. The zero-order chi connectivity index (χ0) is 12.5. The van der Waals surface area contributed by atoms with Gasteiger partial charge in [0.25, 0.3) is 5.91 Å². The summed E-state index contributed by atoms with van der Waals surface area (Å²) in [5.41, 5.74) is 1.40. The maximum atomic E-state index is 12.4. The van der Waals surface area contributed by atoms with E-state index in [2.05, 4.69) is 6.07 Å². The van der Waals surface area contributed by atoms with E-state index in [1.807, 2.05) is 4.90 Å². The van der Waals surface area contributed by atoms with Crippen LogP contribution in [0.2, 0.25) is 0 Å². The fraction of sp³-hybridized carbons (Fsp3) is 0.643. The van der Waals surface area contributed by atoms with E-state index in [0.717, 1.165) is 37.2 Å². The molecular formula is C14H19NO2S. The Labute approximate surface area is 111 Å². The number of carbonyl (C=O) groups excluding carboxylic acids is 1. The minimum Gasteiger partial charge on any atom is -0.396 e. The monoisotopic (exact) mass is 265 g/mol. The predicted molar refractivity (Wildman–Crippen MR) is 72.1 cm³/mol. The van der Waals surface area contributed by atoms with Gasteiger partial charge >= 0.3 is 0 Å². The SMILES string of the molecule is O=C(c1cc2c(s1)CCCC2)N1CCC(CO)C1. The second-order valence-corrected chi connectivity index (χ2v) is 6.49. The van der Waals surface area contributed by atoms with Gasteiger partial charge in [-0.3, -0.25) is 4.79 Å². The van der Waals surface area contributed by atoms with Gasteiger partial charge in [-0.2, -0.15) is 0 Å². The second kappa shape index (κ2) is 5.02. The van der Waals surface area contributed by atoms with Crippen molar-refractivity contribution in [3.8, 4) is 0 Å². The number of hydrogen-bond donors (Lipinski definition) is 1. The average molecular weight is 265 g/mol. The molecule has 0 radical (unpaired) electrons. The molecule has 0 saturated carbocycles. The van der Waals surface area contributed by atoms with E-state index >= 15 is 0 Å². The van der Waals surface area contributed by atoms with Crippen molar-refractivity contribution in [3.05, 3.63) is 21.4 Å². The number of nitrogens with zero attached hydrogens (tertiary/aromatic N) is 1. The first-order valence-corrected chi connectivity index (χ1v) is 7.61. The molecule has 1 unspecified atom stereocenters. The molecular weight excluding hydrogens is 246 g/mol. The highest BCUT2D eigenvalue weighted by molar-refractivity contribution is 7.14. The summed E-state index contributed by atoms with van der Waals surface area (Å²) < 4.78 is 0. The number of thiophene rings is 1. The van der Waals surface area contributed by atoms with Gasteiger partial charge in [0, 0.05) is 30.5 Å². The number of amides is 1. The molecule has 1 saturated heterocycles. The molecule has 1 atom stereocenters. The number of likely N-dealkylation sites (tertiary alicyclic amines) is 1. The van der Waals surface area contributed by atoms with Crippen molar-refractivity contribution < 1.29 is 9.90 Å². The topological polar surface area (TPSA) is 40.5 Å². The van der Waals surface area contributed by atoms with Crippen molar-refractivity contribution in [1.82, 2.24) is 4.90 Å². The van der Waals surface area contributed by atoms with Gasteiger partial charge in [-0.25, -0.2) is 0 Å². The number of rotatable bonds is 2. The second-order valence-electron chi connectivity index (χ2n) is 5.35. The Hall–Kier alpha value is -0.870. The molecule has 18 heavy (non-hydrogen) atoms. The average Bonchev–Trinajstić information content (AvgIpc) is 3.04. The minimum atomic E-state index is 0.172. The first-order chi connectivity index (χ1) is 8.78. The van der Waals surface area contributed by atoms with E-state index in [0.29, 0.717) is 0 Å². The van der Waals surface area contributed by atoms with Crippen LogP contribution in [0.15, 0.2) is 6.07 Å². The molecule has 3 nitrogen and oxygen atoms in total. The summed E-state index contributed by atoms with van der Waals surface area (Å²) in [4.78, 5) is 16.6. The Morgan fingerprint density at radius 3 is 3.00 bits per heavy atom. The lowest BCUT2D eigenvalue weighted by atomic mass is 9.99. The van der Waals surface area contributed by atoms with Crippen LogP contribution in [0.5, 0.6) is 0 Å². The lowest BCUT2D eigenvalue weighted by molar-refractivity contribution is 0.0786. The Bertz CT molecular complexity index is 431. The van der Waals surface area contributed by atoms with Gasteiger partial charge in [0.2, 0.25) is 0 Å². The molecule has 2 aliphatic rings. The maximum absolute atomic E-state index is 12.4. The third-order valence-electron chi connectivity index (χ3n) is 4.04. The standard InChI is InChI=1S/C14H19NO2S/c16-9-10-5-6-15(8-10)14(17)13-7-11-3-1-2-4-12(11)18-13/h7,10,16H,1-6,8-9H2. The Kier molecular flexibility index (Phi) is 3.39. The summed E-state index contributed by atoms with van der Waals surface area (Å²) >= 11 is 1.69. The number of aryl methyl sites for hydroxylation is 2. The molecule has 1 aliphatic heterocycles. The van der Waals surface area contributed by atoms with Crippen molar-refractivity contribution in [3.63, 3.8) is 0 Å². The lowest BCUT2D eigenvalue weighted by Crippen LogP contribution is -2.28. The van der Waals surface area contributed by atoms with Crippen molar-refractivity contribution in [1.29, 1.82) is 0 Å². The van der Waals surface area contributed by atoms with Crippen LogP contribution >= 0.6 is 11.3 Å². The van der Waals surface area contributed by atoms with Crippen LogP contribution in [0, 0.1) is 5.92 Å². The molecule has 1 amide bonds. The maximum Gasteiger partial charge on any atom is 0.263 e. The summed E-state index contributed by atoms with van der Waals surface area (Å²) in [6.07, 6.45) is 5.74. The molecule has 1 aromatic rings. The zero-order valence-electron chi connectivity index (χ0n) is 10.5. The van der Waals surface area contributed by atoms with E-state index in [4.69, 9.17) is 5.11 Å². The summed E-state index contributed by atoms with van der Waals surface area (Å²) in [7, 11) is 0. The van der Waals surface area contributed by atoms with Crippen LogP contribution in [-0.2, 0) is 12.8 Å². The van der Waals surface area contributed by atoms with Crippen LogP contribution < -0.4 is 0 Å². The molecule has 0 bridgehead atoms. The van der Waals surface area contributed by atoms with Gasteiger partial charge in [-0.1, -0.05) is 0 Å². The van der Waals surface area contributed by atoms with E-state index in [9.17, 15) is 4.79 Å². The third kappa shape index (κ3) is 2.19. The fourth-order valence-electron chi connectivity index (χ4n) is 2.92. The van der Waals surface area contributed by atoms with Crippen LogP contribution in [0.3, 0.4) is 0 Å².